The van der Waals surface area contributed by atoms with E-state index < -0.39 is 0 Å². The van der Waals surface area contributed by atoms with E-state index >= 15 is 0 Å². The summed E-state index contributed by atoms with van der Waals surface area (Å²) in [5.74, 6) is 0. The normalized spacial score (nSPS) is 14.1. The summed E-state index contributed by atoms with van der Waals surface area (Å²) in [6, 6.07) is 0.627. The molecule has 0 aromatic heterocycles. The summed E-state index contributed by atoms with van der Waals surface area (Å²) in [6.45, 7) is 3.50. The lowest BCUT2D eigenvalue weighted by molar-refractivity contribution is 0.223. The first-order valence-electron chi connectivity index (χ1n) is 5.02. The van der Waals surface area contributed by atoms with Gasteiger partial charge in [-0.05, 0) is 40.5 Å². The molecule has 0 aliphatic carbocycles. The predicted octanol–water partition coefficient (Wildman–Crippen LogP) is 1.62. The minimum Gasteiger partial charge on any atom is -0.306 e. The third-order valence-electron chi connectivity index (χ3n) is 2.51. The van der Waals surface area contributed by atoms with Crippen LogP contribution in [0.25, 0.3) is 0 Å². The lowest BCUT2D eigenvalue weighted by atomic mass is 10.1. The summed E-state index contributed by atoms with van der Waals surface area (Å²) in [4.78, 5) is 4.29. The van der Waals surface area contributed by atoms with Crippen LogP contribution in [0.15, 0.2) is 0 Å². The van der Waals surface area contributed by atoms with Gasteiger partial charge in [0.1, 0.15) is 6.67 Å². The maximum absolute atomic E-state index is 12.0. The Kier molecular flexibility index (Phi) is 7.19. The Morgan fingerprint density at radius 1 is 1.15 bits per heavy atom. The van der Waals surface area contributed by atoms with Crippen LogP contribution in [0.1, 0.15) is 19.8 Å². The van der Waals surface area contributed by atoms with Crippen molar-refractivity contribution in [3.63, 3.8) is 0 Å². The first kappa shape index (κ1) is 12.8. The molecule has 13 heavy (non-hydrogen) atoms. The van der Waals surface area contributed by atoms with Gasteiger partial charge in [-0.1, -0.05) is 6.92 Å². The lowest BCUT2D eigenvalue weighted by Crippen LogP contribution is -2.32. The van der Waals surface area contributed by atoms with Crippen molar-refractivity contribution in [2.24, 2.45) is 0 Å². The van der Waals surface area contributed by atoms with E-state index in [-0.39, 0.29) is 6.67 Å². The summed E-state index contributed by atoms with van der Waals surface area (Å²) in [5.41, 5.74) is 0. The summed E-state index contributed by atoms with van der Waals surface area (Å²) in [7, 11) is 6.18. The van der Waals surface area contributed by atoms with Gasteiger partial charge in [0.05, 0.1) is 0 Å². The molecule has 80 valence electrons. The molecule has 0 amide bonds. The van der Waals surface area contributed by atoms with E-state index in [1.165, 1.54) is 0 Å². The molecule has 1 unspecified atom stereocenters. The van der Waals surface area contributed by atoms with Gasteiger partial charge in [-0.15, -0.1) is 0 Å². The molecular formula is C10H23FN2. The first-order valence-corrected chi connectivity index (χ1v) is 5.02. The molecule has 3 heteroatoms. The van der Waals surface area contributed by atoms with E-state index in [2.05, 4.69) is 25.9 Å². The van der Waals surface area contributed by atoms with Crippen LogP contribution in [0, 0.1) is 0 Å². The molecule has 0 fully saturated rings. The molecule has 0 aliphatic heterocycles. The van der Waals surface area contributed by atoms with E-state index in [4.69, 9.17) is 0 Å². The maximum Gasteiger partial charge on any atom is 0.102 e. The van der Waals surface area contributed by atoms with Crippen molar-refractivity contribution in [2.75, 3.05) is 40.9 Å². The number of nitrogens with zero attached hydrogens (tertiary/aromatic N) is 2. The number of hydrogen-bond acceptors (Lipinski definition) is 2. The Morgan fingerprint density at radius 2 is 1.77 bits per heavy atom. The van der Waals surface area contributed by atoms with Crippen molar-refractivity contribution < 1.29 is 4.39 Å². The molecule has 0 aromatic rings. The molecule has 0 rings (SSSR count). The van der Waals surface area contributed by atoms with Crippen LogP contribution >= 0.6 is 0 Å². The Morgan fingerprint density at radius 3 is 2.15 bits per heavy atom. The second-order valence-corrected chi connectivity index (χ2v) is 3.81. The van der Waals surface area contributed by atoms with Gasteiger partial charge in [0.2, 0.25) is 0 Å². The lowest BCUT2D eigenvalue weighted by Gasteiger charge is -2.25. The average Bonchev–Trinajstić information content (AvgIpc) is 2.05. The van der Waals surface area contributed by atoms with Crippen molar-refractivity contribution in [3.8, 4) is 0 Å². The van der Waals surface area contributed by atoms with Gasteiger partial charge >= 0.3 is 0 Å². The predicted molar refractivity (Wildman–Crippen MR) is 55.9 cm³/mol. The maximum atomic E-state index is 12.0. The van der Waals surface area contributed by atoms with E-state index in [0.29, 0.717) is 12.6 Å². The van der Waals surface area contributed by atoms with Crippen molar-refractivity contribution in [3.05, 3.63) is 0 Å². The van der Waals surface area contributed by atoms with Crippen molar-refractivity contribution in [2.45, 2.75) is 25.8 Å². The highest BCUT2D eigenvalue weighted by atomic mass is 19.1. The zero-order valence-electron chi connectivity index (χ0n) is 9.39. The second-order valence-electron chi connectivity index (χ2n) is 3.81. The summed E-state index contributed by atoms with van der Waals surface area (Å²) in [6.07, 6.45) is 2.29. The molecule has 0 aliphatic rings. The fourth-order valence-corrected chi connectivity index (χ4v) is 1.45. The van der Waals surface area contributed by atoms with Gasteiger partial charge in [0.15, 0.2) is 0 Å². The van der Waals surface area contributed by atoms with Gasteiger partial charge in [0, 0.05) is 12.6 Å². The molecule has 2 nitrogen and oxygen atoms in total. The highest BCUT2D eigenvalue weighted by Crippen LogP contribution is 2.04. The minimum absolute atomic E-state index is 0.241. The van der Waals surface area contributed by atoms with Crippen LogP contribution in [-0.2, 0) is 0 Å². The van der Waals surface area contributed by atoms with Crippen LogP contribution in [0.3, 0.4) is 0 Å². The Balaban J connectivity index is 3.59. The van der Waals surface area contributed by atoms with E-state index in [1.807, 2.05) is 11.9 Å². The van der Waals surface area contributed by atoms with Gasteiger partial charge in [-0.3, -0.25) is 0 Å². The monoisotopic (exact) mass is 190 g/mol. The molecule has 0 saturated heterocycles. The molecule has 0 spiro atoms. The highest BCUT2D eigenvalue weighted by Gasteiger charge is 2.09. The molecule has 1 atom stereocenters. The Labute approximate surface area is 81.7 Å². The Bertz CT molecular complexity index is 117. The number of rotatable bonds is 7. The van der Waals surface area contributed by atoms with Crippen LogP contribution in [-0.4, -0.2) is 56.7 Å². The molecule has 0 radical (unpaired) electrons. The smallest absolute Gasteiger partial charge is 0.102 e. The molecule has 0 N–H and O–H groups in total. The van der Waals surface area contributed by atoms with Crippen molar-refractivity contribution in [1.29, 1.82) is 0 Å². The minimum atomic E-state index is -0.241. The van der Waals surface area contributed by atoms with Crippen molar-refractivity contribution >= 4 is 0 Å². The topological polar surface area (TPSA) is 6.48 Å². The number of halogens is 1. The van der Waals surface area contributed by atoms with E-state index in [0.717, 1.165) is 19.4 Å². The largest absolute Gasteiger partial charge is 0.306 e. The molecule has 0 bridgehead atoms. The fraction of sp³-hybridized carbons (Fsp3) is 1.00. The molecule has 0 saturated carbocycles. The van der Waals surface area contributed by atoms with Crippen LogP contribution in [0.4, 0.5) is 4.39 Å². The van der Waals surface area contributed by atoms with Gasteiger partial charge in [-0.2, -0.15) is 0 Å². The second kappa shape index (κ2) is 7.27. The van der Waals surface area contributed by atoms with Crippen molar-refractivity contribution in [1.82, 2.24) is 9.80 Å². The third-order valence-corrected chi connectivity index (χ3v) is 2.51. The highest BCUT2D eigenvalue weighted by molar-refractivity contribution is 4.65. The number of alkyl halides is 1. The zero-order valence-corrected chi connectivity index (χ0v) is 9.39. The van der Waals surface area contributed by atoms with Gasteiger partial charge in [-0.25, -0.2) is 4.39 Å². The van der Waals surface area contributed by atoms with Gasteiger partial charge in [0.25, 0.3) is 0 Å². The van der Waals surface area contributed by atoms with E-state index in [1.54, 1.807) is 0 Å². The third kappa shape index (κ3) is 5.99. The first-order chi connectivity index (χ1) is 6.11. The van der Waals surface area contributed by atoms with E-state index in [9.17, 15) is 4.39 Å². The number of hydrogen-bond donors (Lipinski definition) is 0. The summed E-state index contributed by atoms with van der Waals surface area (Å²) < 4.78 is 12.0. The Hall–Kier alpha value is -0.150. The standard InChI is InChI=1S/C10H23FN2/c1-5-10(12(2)3)6-8-13(4)9-7-11/h10H,5-9H2,1-4H3. The average molecular weight is 190 g/mol. The molecular weight excluding hydrogens is 167 g/mol. The zero-order chi connectivity index (χ0) is 10.3. The molecule has 0 heterocycles. The van der Waals surface area contributed by atoms with Crippen LogP contribution in [0.2, 0.25) is 0 Å². The quantitative estimate of drug-likeness (QED) is 0.602. The van der Waals surface area contributed by atoms with Crippen LogP contribution in [0.5, 0.6) is 0 Å². The summed E-state index contributed by atoms with van der Waals surface area (Å²) in [5, 5.41) is 0. The SMILES string of the molecule is CCC(CCN(C)CCF)N(C)C. The van der Waals surface area contributed by atoms with Crippen LogP contribution < -0.4 is 0 Å². The fourth-order valence-electron chi connectivity index (χ4n) is 1.45. The van der Waals surface area contributed by atoms with Gasteiger partial charge < -0.3 is 9.80 Å². The summed E-state index contributed by atoms with van der Waals surface area (Å²) >= 11 is 0. The molecule has 0 aromatic carbocycles.